The Morgan fingerprint density at radius 1 is 1.28 bits per heavy atom. The molecule has 0 aliphatic rings. The van der Waals surface area contributed by atoms with Crippen LogP contribution < -0.4 is 10.6 Å². The third-order valence-corrected chi connectivity index (χ3v) is 2.74. The van der Waals surface area contributed by atoms with Crippen LogP contribution >= 0.6 is 0 Å². The molecule has 3 rings (SSSR count). The van der Waals surface area contributed by atoms with Gasteiger partial charge in [-0.25, -0.2) is 0 Å². The second-order valence-electron chi connectivity index (χ2n) is 4.13. The van der Waals surface area contributed by atoms with Gasteiger partial charge in [0.05, 0.1) is 18.5 Å². The zero-order chi connectivity index (χ0) is 12.5. The van der Waals surface area contributed by atoms with E-state index < -0.39 is 0 Å². The predicted molar refractivity (Wildman–Crippen MR) is 69.2 cm³/mol. The lowest BCUT2D eigenvalue weighted by molar-refractivity contribution is 0.494. The van der Waals surface area contributed by atoms with Gasteiger partial charge in [0, 0.05) is 7.05 Å². The van der Waals surface area contributed by atoms with Gasteiger partial charge in [-0.3, -0.25) is 0 Å². The number of hydrogen-bond donors (Lipinski definition) is 1. The van der Waals surface area contributed by atoms with E-state index in [2.05, 4.69) is 4.98 Å². The summed E-state index contributed by atoms with van der Waals surface area (Å²) in [5.74, 6) is 0.854. The number of aromatic nitrogens is 1. The molecule has 0 bridgehead atoms. The summed E-state index contributed by atoms with van der Waals surface area (Å²) in [6.45, 7) is 0.597. The minimum absolute atomic E-state index is 0.527. The second-order valence-corrected chi connectivity index (χ2v) is 4.13. The fourth-order valence-corrected chi connectivity index (χ4v) is 1.83. The monoisotopic (exact) mass is 243 g/mol. The molecule has 1 aromatic carbocycles. The summed E-state index contributed by atoms with van der Waals surface area (Å²) in [7, 11) is 1.89. The molecule has 0 radical (unpaired) electrons. The van der Waals surface area contributed by atoms with E-state index in [0.29, 0.717) is 29.3 Å². The third kappa shape index (κ3) is 1.79. The van der Waals surface area contributed by atoms with Crippen LogP contribution in [0.2, 0.25) is 0 Å². The Hall–Kier alpha value is -2.43. The number of anilines is 2. The van der Waals surface area contributed by atoms with Gasteiger partial charge in [0.1, 0.15) is 11.3 Å². The van der Waals surface area contributed by atoms with Crippen molar-refractivity contribution in [3.8, 4) is 0 Å². The summed E-state index contributed by atoms with van der Waals surface area (Å²) < 4.78 is 10.9. The van der Waals surface area contributed by atoms with Crippen LogP contribution in [0.1, 0.15) is 5.76 Å². The van der Waals surface area contributed by atoms with Crippen molar-refractivity contribution in [1.82, 2.24) is 4.98 Å². The van der Waals surface area contributed by atoms with Crippen LogP contribution in [0.4, 0.5) is 11.7 Å². The molecule has 0 amide bonds. The number of benzene rings is 1. The molecule has 2 N–H and O–H groups in total. The maximum atomic E-state index is 5.85. The lowest BCUT2D eigenvalue weighted by Crippen LogP contribution is -2.16. The highest BCUT2D eigenvalue weighted by Gasteiger charge is 2.13. The van der Waals surface area contributed by atoms with Gasteiger partial charge < -0.3 is 19.5 Å². The van der Waals surface area contributed by atoms with Crippen molar-refractivity contribution in [2.45, 2.75) is 6.54 Å². The van der Waals surface area contributed by atoms with Crippen LogP contribution in [-0.2, 0) is 6.54 Å². The standard InChI is InChI=1S/C13H13N3O2/c1-16(8-9-4-3-7-17-9)13-15-12-10(14)5-2-6-11(12)18-13/h2-7H,8,14H2,1H3. The van der Waals surface area contributed by atoms with E-state index >= 15 is 0 Å². The molecule has 18 heavy (non-hydrogen) atoms. The minimum Gasteiger partial charge on any atom is -0.467 e. The van der Waals surface area contributed by atoms with Crippen LogP contribution in [-0.4, -0.2) is 12.0 Å². The zero-order valence-electron chi connectivity index (χ0n) is 9.96. The first-order valence-electron chi connectivity index (χ1n) is 5.62. The predicted octanol–water partition coefficient (Wildman–Crippen LogP) is 2.64. The first-order chi connectivity index (χ1) is 8.74. The molecule has 2 aromatic heterocycles. The van der Waals surface area contributed by atoms with Crippen molar-refractivity contribution in [2.24, 2.45) is 0 Å². The van der Waals surface area contributed by atoms with Gasteiger partial charge in [0.25, 0.3) is 6.01 Å². The summed E-state index contributed by atoms with van der Waals surface area (Å²) in [4.78, 5) is 6.26. The molecule has 0 saturated carbocycles. The number of para-hydroxylation sites is 1. The number of furan rings is 1. The number of hydrogen-bond acceptors (Lipinski definition) is 5. The average molecular weight is 243 g/mol. The van der Waals surface area contributed by atoms with Gasteiger partial charge >= 0.3 is 0 Å². The van der Waals surface area contributed by atoms with Crippen molar-refractivity contribution in [2.75, 3.05) is 17.7 Å². The van der Waals surface area contributed by atoms with Gasteiger partial charge in [0.15, 0.2) is 5.58 Å². The quantitative estimate of drug-likeness (QED) is 0.716. The molecule has 92 valence electrons. The smallest absolute Gasteiger partial charge is 0.298 e. The number of fused-ring (bicyclic) bond motifs is 1. The lowest BCUT2D eigenvalue weighted by atomic mass is 10.3. The number of nitrogens with zero attached hydrogens (tertiary/aromatic N) is 2. The van der Waals surface area contributed by atoms with Crippen LogP contribution in [0.5, 0.6) is 0 Å². The fraction of sp³-hybridized carbons (Fsp3) is 0.154. The Morgan fingerprint density at radius 3 is 2.89 bits per heavy atom. The van der Waals surface area contributed by atoms with E-state index in [1.165, 1.54) is 0 Å². The normalized spacial score (nSPS) is 10.9. The van der Waals surface area contributed by atoms with E-state index in [-0.39, 0.29) is 0 Å². The molecule has 0 saturated heterocycles. The third-order valence-electron chi connectivity index (χ3n) is 2.74. The Morgan fingerprint density at radius 2 is 2.17 bits per heavy atom. The molecule has 0 aliphatic carbocycles. The second kappa shape index (κ2) is 4.10. The van der Waals surface area contributed by atoms with Crippen LogP contribution in [0.3, 0.4) is 0 Å². The molecule has 0 unspecified atom stereocenters. The summed E-state index contributed by atoms with van der Waals surface area (Å²) in [5.41, 5.74) is 7.85. The maximum Gasteiger partial charge on any atom is 0.298 e. The van der Waals surface area contributed by atoms with E-state index in [0.717, 1.165) is 5.76 Å². The van der Waals surface area contributed by atoms with E-state index in [1.54, 1.807) is 12.3 Å². The van der Waals surface area contributed by atoms with Gasteiger partial charge in [-0.15, -0.1) is 0 Å². The highest BCUT2D eigenvalue weighted by Crippen LogP contribution is 2.25. The van der Waals surface area contributed by atoms with Crippen LogP contribution in [0, 0.1) is 0 Å². The number of nitrogens with two attached hydrogens (primary N) is 1. The Labute approximate surface area is 104 Å². The first-order valence-corrected chi connectivity index (χ1v) is 5.62. The Bertz CT molecular complexity index is 658. The minimum atomic E-state index is 0.527. The average Bonchev–Trinajstić information content (AvgIpc) is 2.97. The molecule has 0 atom stereocenters. The van der Waals surface area contributed by atoms with Crippen molar-refractivity contribution in [1.29, 1.82) is 0 Å². The molecule has 5 heteroatoms. The van der Waals surface area contributed by atoms with Crippen molar-refractivity contribution < 1.29 is 8.83 Å². The molecule has 0 fully saturated rings. The molecular weight excluding hydrogens is 230 g/mol. The topological polar surface area (TPSA) is 68.4 Å². The SMILES string of the molecule is CN(Cc1ccco1)c1nc2c(N)cccc2o1. The van der Waals surface area contributed by atoms with Crippen molar-refractivity contribution >= 4 is 22.8 Å². The van der Waals surface area contributed by atoms with Crippen molar-refractivity contribution in [3.63, 3.8) is 0 Å². The van der Waals surface area contributed by atoms with E-state index in [1.807, 2.05) is 36.2 Å². The first kappa shape index (κ1) is 10.7. The van der Waals surface area contributed by atoms with Gasteiger partial charge in [-0.1, -0.05) is 6.07 Å². The summed E-state index contributed by atoms with van der Waals surface area (Å²) >= 11 is 0. The highest BCUT2D eigenvalue weighted by molar-refractivity contribution is 5.86. The Kier molecular flexibility index (Phi) is 2.44. The largest absolute Gasteiger partial charge is 0.467 e. The molecule has 3 aromatic rings. The molecule has 5 nitrogen and oxygen atoms in total. The molecule has 2 heterocycles. The van der Waals surface area contributed by atoms with Crippen LogP contribution in [0.15, 0.2) is 45.4 Å². The van der Waals surface area contributed by atoms with Gasteiger partial charge in [-0.2, -0.15) is 4.98 Å². The number of rotatable bonds is 3. The van der Waals surface area contributed by atoms with Gasteiger partial charge in [-0.05, 0) is 24.3 Å². The summed E-state index contributed by atoms with van der Waals surface area (Å²) in [6, 6.07) is 9.79. The molecule has 0 spiro atoms. The van der Waals surface area contributed by atoms with Crippen molar-refractivity contribution in [3.05, 3.63) is 42.4 Å². The lowest BCUT2D eigenvalue weighted by Gasteiger charge is -2.11. The van der Waals surface area contributed by atoms with Crippen LogP contribution in [0.25, 0.3) is 11.1 Å². The summed E-state index contributed by atoms with van der Waals surface area (Å²) in [6.07, 6.45) is 1.65. The molecule has 0 aliphatic heterocycles. The Balaban J connectivity index is 1.92. The maximum absolute atomic E-state index is 5.85. The zero-order valence-corrected chi connectivity index (χ0v) is 9.96. The van der Waals surface area contributed by atoms with E-state index in [9.17, 15) is 0 Å². The number of oxazole rings is 1. The van der Waals surface area contributed by atoms with E-state index in [4.69, 9.17) is 14.6 Å². The number of nitrogen functional groups attached to an aromatic ring is 1. The highest BCUT2D eigenvalue weighted by atomic mass is 16.4. The molecular formula is C13H13N3O2. The summed E-state index contributed by atoms with van der Waals surface area (Å²) in [5, 5.41) is 0. The van der Waals surface area contributed by atoms with Gasteiger partial charge in [0.2, 0.25) is 0 Å². The fourth-order valence-electron chi connectivity index (χ4n) is 1.83.